The minimum absolute atomic E-state index is 0.265. The van der Waals surface area contributed by atoms with Gasteiger partial charge in [-0.15, -0.1) is 0 Å². The number of imidazole rings is 1. The first kappa shape index (κ1) is 9.02. The van der Waals surface area contributed by atoms with Gasteiger partial charge in [0.1, 0.15) is 11.6 Å². The Labute approximate surface area is 82.0 Å². The molecule has 0 unspecified atom stereocenters. The van der Waals surface area contributed by atoms with Crippen LogP contribution in [0.5, 0.6) is 5.75 Å². The van der Waals surface area contributed by atoms with E-state index in [4.69, 9.17) is 0 Å². The molecule has 2 aromatic rings. The van der Waals surface area contributed by atoms with Gasteiger partial charge in [-0.2, -0.15) is 0 Å². The van der Waals surface area contributed by atoms with Crippen molar-refractivity contribution in [2.75, 3.05) is 13.6 Å². The van der Waals surface area contributed by atoms with Crippen LogP contribution in [0.3, 0.4) is 0 Å². The normalized spacial score (nSPS) is 10.9. The molecule has 0 aliphatic rings. The monoisotopic (exact) mass is 191 g/mol. The highest BCUT2D eigenvalue weighted by molar-refractivity contribution is 5.76. The topological polar surface area (TPSA) is 60.9 Å². The lowest BCUT2D eigenvalue weighted by Crippen LogP contribution is -2.10. The third kappa shape index (κ3) is 1.70. The molecule has 0 saturated carbocycles. The summed E-state index contributed by atoms with van der Waals surface area (Å²) in [5.74, 6) is 1.21. The van der Waals surface area contributed by atoms with Gasteiger partial charge in [0.15, 0.2) is 0 Å². The fraction of sp³-hybridized carbons (Fsp3) is 0.300. The first-order chi connectivity index (χ1) is 6.79. The second-order valence-electron chi connectivity index (χ2n) is 3.24. The van der Waals surface area contributed by atoms with E-state index < -0.39 is 0 Å². The summed E-state index contributed by atoms with van der Waals surface area (Å²) in [6.07, 6.45) is 0.867. The molecule has 0 radical (unpaired) electrons. The molecule has 0 amide bonds. The fourth-order valence-electron chi connectivity index (χ4n) is 1.41. The Morgan fingerprint density at radius 1 is 1.50 bits per heavy atom. The number of nitrogens with one attached hydrogen (secondary N) is 2. The Morgan fingerprint density at radius 2 is 2.36 bits per heavy atom. The molecule has 14 heavy (non-hydrogen) atoms. The molecular weight excluding hydrogens is 178 g/mol. The van der Waals surface area contributed by atoms with Gasteiger partial charge in [0.05, 0.1) is 11.0 Å². The summed E-state index contributed by atoms with van der Waals surface area (Å²) in [7, 11) is 1.91. The zero-order valence-corrected chi connectivity index (χ0v) is 8.04. The van der Waals surface area contributed by atoms with Crippen LogP contribution in [-0.2, 0) is 6.42 Å². The number of aromatic nitrogens is 2. The van der Waals surface area contributed by atoms with Crippen LogP contribution < -0.4 is 5.32 Å². The Hall–Kier alpha value is -1.55. The summed E-state index contributed by atoms with van der Waals surface area (Å²) < 4.78 is 0. The van der Waals surface area contributed by atoms with Crippen molar-refractivity contribution in [1.82, 2.24) is 15.3 Å². The van der Waals surface area contributed by atoms with E-state index in [9.17, 15) is 5.11 Å². The number of hydrogen-bond donors (Lipinski definition) is 3. The third-order valence-electron chi connectivity index (χ3n) is 2.13. The first-order valence-electron chi connectivity index (χ1n) is 4.62. The number of nitrogens with zero attached hydrogens (tertiary/aromatic N) is 1. The number of aromatic hydroxyl groups is 1. The minimum Gasteiger partial charge on any atom is -0.508 e. The fourth-order valence-corrected chi connectivity index (χ4v) is 1.41. The smallest absolute Gasteiger partial charge is 0.117 e. The summed E-state index contributed by atoms with van der Waals surface area (Å²) in [6.45, 7) is 0.895. The van der Waals surface area contributed by atoms with Crippen molar-refractivity contribution in [2.45, 2.75) is 6.42 Å². The number of likely N-dealkylation sites (N-methyl/N-ethyl adjacent to an activating group) is 1. The minimum atomic E-state index is 0.265. The van der Waals surface area contributed by atoms with Crippen molar-refractivity contribution < 1.29 is 5.11 Å². The van der Waals surface area contributed by atoms with Gasteiger partial charge in [-0.25, -0.2) is 4.98 Å². The third-order valence-corrected chi connectivity index (χ3v) is 2.13. The number of phenolic OH excluding ortho intramolecular Hbond substituents is 1. The van der Waals surface area contributed by atoms with Crippen LogP contribution in [0.2, 0.25) is 0 Å². The number of rotatable bonds is 3. The molecule has 0 saturated heterocycles. The lowest BCUT2D eigenvalue weighted by atomic mass is 10.3. The van der Waals surface area contributed by atoms with E-state index in [1.54, 1.807) is 12.1 Å². The van der Waals surface area contributed by atoms with Crippen molar-refractivity contribution >= 4 is 11.0 Å². The maximum atomic E-state index is 9.26. The summed E-state index contributed by atoms with van der Waals surface area (Å²) in [5.41, 5.74) is 1.78. The van der Waals surface area contributed by atoms with E-state index in [-0.39, 0.29) is 5.75 Å². The van der Waals surface area contributed by atoms with Crippen LogP contribution in [0, 0.1) is 0 Å². The van der Waals surface area contributed by atoms with Crippen LogP contribution in [0.1, 0.15) is 5.82 Å². The van der Waals surface area contributed by atoms with Crippen molar-refractivity contribution in [3.8, 4) is 5.75 Å². The van der Waals surface area contributed by atoms with Gasteiger partial charge in [0, 0.05) is 19.0 Å². The summed E-state index contributed by atoms with van der Waals surface area (Å²) in [5, 5.41) is 12.3. The largest absolute Gasteiger partial charge is 0.508 e. The van der Waals surface area contributed by atoms with E-state index in [1.807, 2.05) is 13.1 Å². The van der Waals surface area contributed by atoms with Crippen LogP contribution in [0.25, 0.3) is 11.0 Å². The lowest BCUT2D eigenvalue weighted by molar-refractivity contribution is 0.476. The average Bonchev–Trinajstić information content (AvgIpc) is 2.56. The predicted octanol–water partition coefficient (Wildman–Crippen LogP) is 1.03. The van der Waals surface area contributed by atoms with E-state index in [0.29, 0.717) is 0 Å². The standard InChI is InChI=1S/C10H13N3O/c1-11-5-4-10-12-8-3-2-7(14)6-9(8)13-10/h2-3,6,11,14H,4-5H2,1H3,(H,12,13). The zero-order chi connectivity index (χ0) is 9.97. The molecule has 1 aromatic heterocycles. The second-order valence-corrected chi connectivity index (χ2v) is 3.24. The summed E-state index contributed by atoms with van der Waals surface area (Å²) >= 11 is 0. The number of phenols is 1. The maximum Gasteiger partial charge on any atom is 0.117 e. The average molecular weight is 191 g/mol. The molecule has 0 bridgehead atoms. The van der Waals surface area contributed by atoms with Gasteiger partial charge in [-0.05, 0) is 19.2 Å². The molecule has 0 fully saturated rings. The number of hydrogen-bond acceptors (Lipinski definition) is 3. The predicted molar refractivity (Wildman–Crippen MR) is 55.4 cm³/mol. The highest BCUT2D eigenvalue weighted by Crippen LogP contribution is 2.17. The molecule has 3 N–H and O–H groups in total. The Balaban J connectivity index is 2.32. The van der Waals surface area contributed by atoms with Gasteiger partial charge in [-0.1, -0.05) is 0 Å². The van der Waals surface area contributed by atoms with Crippen LogP contribution in [0.15, 0.2) is 18.2 Å². The number of H-pyrrole nitrogens is 1. The van der Waals surface area contributed by atoms with E-state index in [0.717, 1.165) is 29.8 Å². The van der Waals surface area contributed by atoms with E-state index >= 15 is 0 Å². The van der Waals surface area contributed by atoms with Crippen LogP contribution in [-0.4, -0.2) is 28.7 Å². The molecule has 2 rings (SSSR count). The first-order valence-corrected chi connectivity index (χ1v) is 4.62. The van der Waals surface area contributed by atoms with Crippen LogP contribution >= 0.6 is 0 Å². The molecule has 4 heteroatoms. The molecule has 0 aliphatic carbocycles. The van der Waals surface area contributed by atoms with Crippen molar-refractivity contribution in [1.29, 1.82) is 0 Å². The summed E-state index contributed by atoms with van der Waals surface area (Å²) in [6, 6.07) is 5.14. The number of benzene rings is 1. The highest BCUT2D eigenvalue weighted by Gasteiger charge is 2.02. The number of fused-ring (bicyclic) bond motifs is 1. The molecule has 1 heterocycles. The number of aromatic amines is 1. The highest BCUT2D eigenvalue weighted by atomic mass is 16.3. The lowest BCUT2D eigenvalue weighted by Gasteiger charge is -1.93. The Bertz CT molecular complexity index is 436. The molecule has 74 valence electrons. The van der Waals surface area contributed by atoms with E-state index in [1.165, 1.54) is 0 Å². The zero-order valence-electron chi connectivity index (χ0n) is 8.04. The molecule has 0 atom stereocenters. The van der Waals surface area contributed by atoms with E-state index in [2.05, 4.69) is 15.3 Å². The Kier molecular flexibility index (Phi) is 2.37. The molecule has 0 aliphatic heterocycles. The van der Waals surface area contributed by atoms with Gasteiger partial charge in [0.25, 0.3) is 0 Å². The quantitative estimate of drug-likeness (QED) is 0.679. The molecule has 1 aromatic carbocycles. The van der Waals surface area contributed by atoms with Gasteiger partial charge >= 0.3 is 0 Å². The molecular formula is C10H13N3O. The maximum absolute atomic E-state index is 9.26. The van der Waals surface area contributed by atoms with Gasteiger partial charge in [-0.3, -0.25) is 0 Å². The van der Waals surface area contributed by atoms with Crippen LogP contribution in [0.4, 0.5) is 0 Å². The van der Waals surface area contributed by atoms with Gasteiger partial charge in [0.2, 0.25) is 0 Å². The van der Waals surface area contributed by atoms with Crippen molar-refractivity contribution in [3.05, 3.63) is 24.0 Å². The molecule has 0 spiro atoms. The Morgan fingerprint density at radius 3 is 3.14 bits per heavy atom. The SMILES string of the molecule is CNCCc1nc2ccc(O)cc2[nH]1. The van der Waals surface area contributed by atoms with Crippen molar-refractivity contribution in [2.24, 2.45) is 0 Å². The summed E-state index contributed by atoms with van der Waals surface area (Å²) in [4.78, 5) is 7.54. The van der Waals surface area contributed by atoms with Crippen molar-refractivity contribution in [3.63, 3.8) is 0 Å². The van der Waals surface area contributed by atoms with Gasteiger partial charge < -0.3 is 15.4 Å². The second kappa shape index (κ2) is 3.67. The molecule has 4 nitrogen and oxygen atoms in total.